The number of benzene rings is 1. The van der Waals surface area contributed by atoms with E-state index in [1.807, 2.05) is 0 Å². The second kappa shape index (κ2) is 6.55. The first-order chi connectivity index (χ1) is 10.2. The number of nitrogens with zero attached hydrogens (tertiary/aromatic N) is 1. The molecule has 0 unspecified atom stereocenters. The molecule has 0 bridgehead atoms. The lowest BCUT2D eigenvalue weighted by atomic mass is 10.3. The minimum Gasteiger partial charge on any atom is -0.274 e. The molecule has 1 heterocycles. The molecule has 6 nitrogen and oxygen atoms in total. The van der Waals surface area contributed by atoms with Crippen molar-refractivity contribution in [2.45, 2.75) is 24.2 Å². The fourth-order valence-corrected chi connectivity index (χ4v) is 5.18. The van der Waals surface area contributed by atoms with Crippen LogP contribution in [0.4, 0.5) is 0 Å². The molecule has 1 amide bonds. The Morgan fingerprint density at radius 1 is 1.23 bits per heavy atom. The Labute approximate surface area is 135 Å². The molecule has 1 aromatic carbocycles. The summed E-state index contributed by atoms with van der Waals surface area (Å²) in [4.78, 5) is 12.0. The Bertz CT molecular complexity index is 756. The topological polar surface area (TPSA) is 88.6 Å². The molecular weight excluding hydrogens is 350 g/mol. The quantitative estimate of drug-likeness (QED) is 0.788. The van der Waals surface area contributed by atoms with Crippen molar-refractivity contribution in [2.75, 3.05) is 18.1 Å². The van der Waals surface area contributed by atoms with Crippen molar-refractivity contribution in [1.82, 2.24) is 4.31 Å². The van der Waals surface area contributed by atoms with Gasteiger partial charge in [0.15, 0.2) is 9.84 Å². The number of amides is 1. The Hall–Kier alpha value is -1.12. The van der Waals surface area contributed by atoms with Crippen molar-refractivity contribution >= 4 is 37.4 Å². The average molecular weight is 366 g/mol. The summed E-state index contributed by atoms with van der Waals surface area (Å²) in [6.07, 6.45) is 0.402. The third kappa shape index (κ3) is 3.99. The van der Waals surface area contributed by atoms with Gasteiger partial charge in [0.2, 0.25) is 15.9 Å². The first kappa shape index (κ1) is 17.2. The number of sulfone groups is 1. The lowest BCUT2D eigenvalue weighted by molar-refractivity contribution is -0.126. The third-order valence-corrected chi connectivity index (χ3v) is 7.28. The molecule has 0 spiro atoms. The lowest BCUT2D eigenvalue weighted by Gasteiger charge is -2.14. The van der Waals surface area contributed by atoms with Crippen LogP contribution in [-0.2, 0) is 24.7 Å². The van der Waals surface area contributed by atoms with Gasteiger partial charge in [0.05, 0.1) is 16.4 Å². The van der Waals surface area contributed by atoms with Crippen LogP contribution in [0.3, 0.4) is 0 Å². The van der Waals surface area contributed by atoms with Crippen LogP contribution in [-0.4, -0.2) is 45.1 Å². The van der Waals surface area contributed by atoms with Crippen LogP contribution < -0.4 is 0 Å². The van der Waals surface area contributed by atoms with Crippen LogP contribution in [0.2, 0.25) is 5.02 Å². The molecule has 9 heteroatoms. The van der Waals surface area contributed by atoms with Crippen LogP contribution in [0.25, 0.3) is 0 Å². The number of rotatable bonds is 5. The van der Waals surface area contributed by atoms with Crippen LogP contribution in [0.15, 0.2) is 29.2 Å². The van der Waals surface area contributed by atoms with Crippen molar-refractivity contribution in [2.24, 2.45) is 0 Å². The molecule has 0 saturated carbocycles. The highest BCUT2D eigenvalue weighted by Crippen LogP contribution is 2.18. The van der Waals surface area contributed by atoms with Gasteiger partial charge in [0.25, 0.3) is 0 Å². The van der Waals surface area contributed by atoms with E-state index >= 15 is 0 Å². The van der Waals surface area contributed by atoms with E-state index < -0.39 is 25.8 Å². The molecule has 0 atom stereocenters. The van der Waals surface area contributed by atoms with E-state index in [2.05, 4.69) is 0 Å². The van der Waals surface area contributed by atoms with Gasteiger partial charge in [-0.15, -0.1) is 0 Å². The first-order valence-electron chi connectivity index (χ1n) is 6.74. The van der Waals surface area contributed by atoms with E-state index in [0.29, 0.717) is 11.4 Å². The summed E-state index contributed by atoms with van der Waals surface area (Å²) in [7, 11) is -6.99. The van der Waals surface area contributed by atoms with Gasteiger partial charge in [-0.2, -0.15) is 0 Å². The standard InChI is InChI=1S/C13H16ClNO5S2/c14-11-4-6-12(7-5-11)21(17,18)9-1-3-13(16)15-8-2-10-22(15,19)20/h4-7H,1-3,8-10H2. The second-order valence-corrected chi connectivity index (χ2v) is 9.57. The average Bonchev–Trinajstić information content (AvgIpc) is 2.78. The Morgan fingerprint density at radius 3 is 2.41 bits per heavy atom. The van der Waals surface area contributed by atoms with Crippen molar-refractivity contribution < 1.29 is 21.6 Å². The maximum Gasteiger partial charge on any atom is 0.237 e. The molecule has 122 valence electrons. The zero-order chi connectivity index (χ0) is 16.4. The van der Waals surface area contributed by atoms with E-state index in [0.717, 1.165) is 4.31 Å². The summed E-state index contributed by atoms with van der Waals surface area (Å²) in [5, 5.41) is 0.438. The predicted octanol–water partition coefficient (Wildman–Crippen LogP) is 1.46. The number of hydrogen-bond acceptors (Lipinski definition) is 5. The Kier molecular flexibility index (Phi) is 5.14. The van der Waals surface area contributed by atoms with Crippen LogP contribution in [0.1, 0.15) is 19.3 Å². The van der Waals surface area contributed by atoms with Crippen molar-refractivity contribution in [3.05, 3.63) is 29.3 Å². The minimum absolute atomic E-state index is 0.0260. The number of halogens is 1. The molecule has 1 aliphatic rings. The normalized spacial score (nSPS) is 17.6. The summed E-state index contributed by atoms with van der Waals surface area (Å²) in [6.45, 7) is 0.186. The fraction of sp³-hybridized carbons (Fsp3) is 0.462. The van der Waals surface area contributed by atoms with Crippen LogP contribution in [0, 0.1) is 0 Å². The summed E-state index contributed by atoms with van der Waals surface area (Å²) < 4.78 is 48.2. The van der Waals surface area contributed by atoms with Gasteiger partial charge < -0.3 is 0 Å². The van der Waals surface area contributed by atoms with E-state index in [4.69, 9.17) is 11.6 Å². The number of carbonyl (C=O) groups excluding carboxylic acids is 1. The monoisotopic (exact) mass is 365 g/mol. The molecule has 1 aromatic rings. The summed E-state index contributed by atoms with van der Waals surface area (Å²) in [5.74, 6) is -0.778. The Morgan fingerprint density at radius 2 is 1.86 bits per heavy atom. The van der Waals surface area contributed by atoms with E-state index in [1.54, 1.807) is 0 Å². The van der Waals surface area contributed by atoms with Gasteiger partial charge in [-0.1, -0.05) is 11.6 Å². The lowest BCUT2D eigenvalue weighted by Crippen LogP contribution is -2.32. The molecule has 0 aromatic heterocycles. The largest absolute Gasteiger partial charge is 0.274 e. The molecule has 1 saturated heterocycles. The smallest absolute Gasteiger partial charge is 0.237 e. The highest BCUT2D eigenvalue weighted by molar-refractivity contribution is 7.91. The van der Waals surface area contributed by atoms with E-state index in [1.165, 1.54) is 24.3 Å². The first-order valence-corrected chi connectivity index (χ1v) is 10.4. The molecule has 22 heavy (non-hydrogen) atoms. The van der Waals surface area contributed by atoms with Gasteiger partial charge in [-0.25, -0.2) is 21.1 Å². The zero-order valence-corrected chi connectivity index (χ0v) is 14.1. The third-order valence-electron chi connectivity index (χ3n) is 3.35. The van der Waals surface area contributed by atoms with Gasteiger partial charge in [0, 0.05) is 18.0 Å². The predicted molar refractivity (Wildman–Crippen MR) is 82.9 cm³/mol. The van der Waals surface area contributed by atoms with Gasteiger partial charge in [0.1, 0.15) is 0 Å². The van der Waals surface area contributed by atoms with Gasteiger partial charge in [-0.3, -0.25) is 4.79 Å². The number of carbonyl (C=O) groups is 1. The van der Waals surface area contributed by atoms with Gasteiger partial charge in [-0.05, 0) is 37.1 Å². The second-order valence-electron chi connectivity index (χ2n) is 5.01. The molecular formula is C13H16ClNO5S2. The molecule has 2 rings (SSSR count). The minimum atomic E-state index is -3.50. The maximum atomic E-state index is 12.1. The highest BCUT2D eigenvalue weighted by Gasteiger charge is 2.32. The summed E-state index contributed by atoms with van der Waals surface area (Å²) in [6, 6.07) is 5.78. The zero-order valence-electron chi connectivity index (χ0n) is 11.7. The SMILES string of the molecule is O=C(CCCS(=O)(=O)c1ccc(Cl)cc1)N1CCCS1(=O)=O. The van der Waals surface area contributed by atoms with Crippen molar-refractivity contribution in [1.29, 1.82) is 0 Å². The molecule has 0 aliphatic carbocycles. The Balaban J connectivity index is 1.93. The van der Waals surface area contributed by atoms with E-state index in [-0.39, 0.29) is 35.8 Å². The van der Waals surface area contributed by atoms with Crippen molar-refractivity contribution in [3.8, 4) is 0 Å². The van der Waals surface area contributed by atoms with Crippen molar-refractivity contribution in [3.63, 3.8) is 0 Å². The molecule has 1 fully saturated rings. The molecule has 1 aliphatic heterocycles. The summed E-state index contributed by atoms with van der Waals surface area (Å²) >= 11 is 5.71. The van der Waals surface area contributed by atoms with Crippen LogP contribution >= 0.6 is 11.6 Å². The number of hydrogen-bond donors (Lipinski definition) is 0. The van der Waals surface area contributed by atoms with E-state index in [9.17, 15) is 21.6 Å². The summed E-state index contributed by atoms with van der Waals surface area (Å²) in [5.41, 5.74) is 0. The van der Waals surface area contributed by atoms with Crippen LogP contribution in [0.5, 0.6) is 0 Å². The molecule has 0 radical (unpaired) electrons. The number of sulfonamides is 1. The molecule has 0 N–H and O–H groups in total. The van der Waals surface area contributed by atoms with Gasteiger partial charge >= 0.3 is 0 Å². The maximum absolute atomic E-state index is 12.1. The highest BCUT2D eigenvalue weighted by atomic mass is 35.5. The fourth-order valence-electron chi connectivity index (χ4n) is 2.22.